The average molecular weight is 484 g/mol. The number of rotatable bonds is 7. The van der Waals surface area contributed by atoms with Crippen molar-refractivity contribution in [2.45, 2.75) is 30.8 Å². The molecule has 0 saturated carbocycles. The van der Waals surface area contributed by atoms with E-state index < -0.39 is 30.3 Å². The quantitative estimate of drug-likeness (QED) is 0.303. The van der Waals surface area contributed by atoms with E-state index in [0.29, 0.717) is 21.7 Å². The van der Waals surface area contributed by atoms with Gasteiger partial charge in [-0.2, -0.15) is 0 Å². The largest absolute Gasteiger partial charge is 0.411 e. The van der Waals surface area contributed by atoms with Crippen LogP contribution in [0.2, 0.25) is 5.02 Å². The van der Waals surface area contributed by atoms with E-state index >= 15 is 0 Å². The number of amides is 1. The van der Waals surface area contributed by atoms with Crippen LogP contribution < -0.4 is 10.9 Å². The summed E-state index contributed by atoms with van der Waals surface area (Å²) in [6.07, 6.45) is -0.801. The second-order valence-electron chi connectivity index (χ2n) is 8.06. The van der Waals surface area contributed by atoms with Crippen LogP contribution in [0, 0.1) is 0 Å². The van der Waals surface area contributed by atoms with Gasteiger partial charge in [-0.1, -0.05) is 53.2 Å². The second kappa shape index (κ2) is 10.2. The predicted octanol–water partition coefficient (Wildman–Crippen LogP) is 3.88. The molecule has 1 amide bonds. The van der Waals surface area contributed by atoms with Gasteiger partial charge in [0, 0.05) is 47.8 Å². The minimum atomic E-state index is -1.70. The molecule has 1 aliphatic rings. The molecule has 7 nitrogen and oxygen atoms in total. The Labute approximate surface area is 200 Å². The third kappa shape index (κ3) is 4.88. The van der Waals surface area contributed by atoms with Gasteiger partial charge in [0.1, 0.15) is 6.04 Å². The van der Waals surface area contributed by atoms with Gasteiger partial charge in [0.05, 0.1) is 11.8 Å². The lowest BCUT2D eigenvalue weighted by Crippen LogP contribution is -2.62. The summed E-state index contributed by atoms with van der Waals surface area (Å²) in [4.78, 5) is 24.5. The van der Waals surface area contributed by atoms with Gasteiger partial charge < -0.3 is 19.8 Å². The van der Waals surface area contributed by atoms with Crippen molar-refractivity contribution in [2.24, 2.45) is 12.2 Å². The highest BCUT2D eigenvalue weighted by Gasteiger charge is 2.49. The SMILES string of the molecule is Cn1cc(/C(CC(c2ccccc2Cl)C2OC(F)C2NC(=O)c2ccccc2)=N/O)ccc1=O. The first-order valence-electron chi connectivity index (χ1n) is 10.7. The molecule has 0 bridgehead atoms. The number of benzene rings is 2. The van der Waals surface area contributed by atoms with Crippen molar-refractivity contribution in [3.05, 3.63) is 105 Å². The van der Waals surface area contributed by atoms with E-state index in [1.165, 1.54) is 10.6 Å². The summed E-state index contributed by atoms with van der Waals surface area (Å²) in [6.45, 7) is 0. The van der Waals surface area contributed by atoms with Crippen LogP contribution in [-0.2, 0) is 11.8 Å². The summed E-state index contributed by atoms with van der Waals surface area (Å²) in [5.41, 5.74) is 1.63. The van der Waals surface area contributed by atoms with Gasteiger partial charge in [-0.3, -0.25) is 9.59 Å². The molecule has 1 aromatic heterocycles. The number of carbonyl (C=O) groups excluding carboxylic acids is 1. The Morgan fingerprint density at radius 3 is 2.50 bits per heavy atom. The number of halogens is 2. The highest BCUT2D eigenvalue weighted by Crippen LogP contribution is 2.40. The van der Waals surface area contributed by atoms with Gasteiger partial charge in [0.25, 0.3) is 5.91 Å². The van der Waals surface area contributed by atoms with Crippen molar-refractivity contribution >= 4 is 23.2 Å². The predicted molar refractivity (Wildman–Crippen MR) is 126 cm³/mol. The summed E-state index contributed by atoms with van der Waals surface area (Å²) in [7, 11) is 1.59. The van der Waals surface area contributed by atoms with Crippen LogP contribution in [0.4, 0.5) is 4.39 Å². The standard InChI is InChI=1S/C25H23ClFN3O4/c1-30-14-16(11-12-21(30)31)20(29-33)13-18(17-9-5-6-10-19(17)26)23-22(24(27)34-23)28-25(32)15-7-3-2-4-8-15/h2-12,14,18,22-24,33H,13H2,1H3,(H,28,32)/b29-20+. The zero-order chi connectivity index (χ0) is 24.2. The van der Waals surface area contributed by atoms with E-state index in [-0.39, 0.29) is 17.7 Å². The van der Waals surface area contributed by atoms with E-state index in [1.54, 1.807) is 73.9 Å². The van der Waals surface area contributed by atoms with Crippen molar-refractivity contribution < 1.29 is 19.1 Å². The van der Waals surface area contributed by atoms with Crippen LogP contribution >= 0.6 is 11.6 Å². The Morgan fingerprint density at radius 2 is 1.85 bits per heavy atom. The molecule has 2 heterocycles. The smallest absolute Gasteiger partial charge is 0.251 e. The molecule has 0 spiro atoms. The summed E-state index contributed by atoms with van der Waals surface area (Å²) in [5.74, 6) is -0.974. The number of oxime groups is 1. The second-order valence-corrected chi connectivity index (χ2v) is 8.47. The molecule has 2 N–H and O–H groups in total. The molecule has 1 aliphatic heterocycles. The van der Waals surface area contributed by atoms with E-state index in [4.69, 9.17) is 16.3 Å². The molecule has 176 valence electrons. The third-order valence-corrected chi connectivity index (χ3v) is 6.26. The Bertz CT molecular complexity index is 1260. The van der Waals surface area contributed by atoms with Gasteiger partial charge in [0.15, 0.2) is 0 Å². The fraction of sp³-hybridized carbons (Fsp3) is 0.240. The number of aryl methyl sites for hydroxylation is 1. The first-order chi connectivity index (χ1) is 16.4. The molecular formula is C25H23ClFN3O4. The van der Waals surface area contributed by atoms with E-state index in [9.17, 15) is 19.2 Å². The summed E-state index contributed by atoms with van der Waals surface area (Å²) >= 11 is 6.46. The van der Waals surface area contributed by atoms with Crippen molar-refractivity contribution in [2.75, 3.05) is 0 Å². The number of carbonyl (C=O) groups is 1. The van der Waals surface area contributed by atoms with Crippen molar-refractivity contribution in [1.82, 2.24) is 9.88 Å². The minimum Gasteiger partial charge on any atom is -0.411 e. The number of pyridine rings is 1. The highest BCUT2D eigenvalue weighted by atomic mass is 35.5. The van der Waals surface area contributed by atoms with Gasteiger partial charge >= 0.3 is 0 Å². The van der Waals surface area contributed by atoms with E-state index in [0.717, 1.165) is 0 Å². The van der Waals surface area contributed by atoms with Crippen LogP contribution in [0.3, 0.4) is 0 Å². The Balaban J connectivity index is 1.65. The van der Waals surface area contributed by atoms with Crippen molar-refractivity contribution in [3.8, 4) is 0 Å². The summed E-state index contributed by atoms with van der Waals surface area (Å²) in [6, 6.07) is 17.5. The molecule has 9 heteroatoms. The Morgan fingerprint density at radius 1 is 1.15 bits per heavy atom. The lowest BCUT2D eigenvalue weighted by molar-refractivity contribution is -0.222. The number of aromatic nitrogens is 1. The molecule has 2 aromatic carbocycles. The van der Waals surface area contributed by atoms with Crippen LogP contribution in [0.1, 0.15) is 33.8 Å². The molecule has 1 fully saturated rings. The topological polar surface area (TPSA) is 92.9 Å². The van der Waals surface area contributed by atoms with Gasteiger partial charge in [0.2, 0.25) is 11.9 Å². The maximum Gasteiger partial charge on any atom is 0.251 e. The van der Waals surface area contributed by atoms with Crippen LogP contribution in [0.25, 0.3) is 0 Å². The van der Waals surface area contributed by atoms with Crippen LogP contribution in [0.5, 0.6) is 0 Å². The zero-order valence-corrected chi connectivity index (χ0v) is 19.0. The number of alkyl halides is 1. The van der Waals surface area contributed by atoms with Crippen molar-refractivity contribution in [1.29, 1.82) is 0 Å². The molecule has 0 aliphatic carbocycles. The molecule has 4 rings (SSSR count). The van der Waals surface area contributed by atoms with Crippen LogP contribution in [-0.4, -0.2) is 39.9 Å². The molecule has 34 heavy (non-hydrogen) atoms. The highest BCUT2D eigenvalue weighted by molar-refractivity contribution is 6.31. The summed E-state index contributed by atoms with van der Waals surface area (Å²) in [5, 5.41) is 16.4. The number of hydrogen-bond donors (Lipinski definition) is 2. The molecule has 1 saturated heterocycles. The van der Waals surface area contributed by atoms with E-state index in [1.807, 2.05) is 0 Å². The molecule has 4 unspecified atom stereocenters. The first kappa shape index (κ1) is 23.7. The average Bonchev–Trinajstić information content (AvgIpc) is 2.85. The molecular weight excluding hydrogens is 461 g/mol. The number of nitrogens with one attached hydrogen (secondary N) is 1. The zero-order valence-electron chi connectivity index (χ0n) is 18.3. The van der Waals surface area contributed by atoms with Gasteiger partial charge in [-0.05, 0) is 29.8 Å². The van der Waals surface area contributed by atoms with Crippen molar-refractivity contribution in [3.63, 3.8) is 0 Å². The fourth-order valence-corrected chi connectivity index (χ4v) is 4.34. The monoisotopic (exact) mass is 483 g/mol. The first-order valence-corrected chi connectivity index (χ1v) is 11.0. The minimum absolute atomic E-state index is 0.119. The number of ether oxygens (including phenoxy) is 1. The normalized spacial score (nSPS) is 20.9. The maximum atomic E-state index is 14.5. The third-order valence-electron chi connectivity index (χ3n) is 5.91. The molecule has 3 aromatic rings. The lowest BCUT2D eigenvalue weighted by atomic mass is 9.81. The van der Waals surface area contributed by atoms with Gasteiger partial charge in [-0.25, -0.2) is 4.39 Å². The Hall–Kier alpha value is -3.49. The maximum absolute atomic E-state index is 14.5. The summed E-state index contributed by atoms with van der Waals surface area (Å²) < 4.78 is 21.4. The fourth-order valence-electron chi connectivity index (χ4n) is 4.06. The van der Waals surface area contributed by atoms with Crippen LogP contribution in [0.15, 0.2) is 82.9 Å². The van der Waals surface area contributed by atoms with Gasteiger partial charge in [-0.15, -0.1) is 0 Å². The molecule has 0 radical (unpaired) electrons. The Kier molecular flexibility index (Phi) is 7.09. The molecule has 4 atom stereocenters. The lowest BCUT2D eigenvalue weighted by Gasteiger charge is -2.45. The number of nitrogens with zero attached hydrogens (tertiary/aromatic N) is 2. The number of hydrogen-bond acceptors (Lipinski definition) is 5. The van der Waals surface area contributed by atoms with E-state index in [2.05, 4.69) is 10.5 Å².